The molecule has 0 aliphatic carbocycles. The number of halogens is 1. The molecule has 0 fully saturated rings. The highest BCUT2D eigenvalue weighted by atomic mass is 35.5. The maximum atomic E-state index is 12.8. The highest BCUT2D eigenvalue weighted by Gasteiger charge is 2.41. The largest absolute Gasteiger partial charge is 0.497 e. The zero-order valence-corrected chi connectivity index (χ0v) is 15.9. The maximum Gasteiger partial charge on any atom is 0.272 e. The van der Waals surface area contributed by atoms with Crippen LogP contribution in [-0.2, 0) is 0 Å². The second-order valence-corrected chi connectivity index (χ2v) is 6.73. The molecule has 0 spiro atoms. The minimum absolute atomic E-state index is 0.118. The average molecular weight is 384 g/mol. The lowest BCUT2D eigenvalue weighted by atomic mass is 9.95. The lowest BCUT2D eigenvalue weighted by molar-refractivity contribution is 0.0786. The van der Waals surface area contributed by atoms with Crippen molar-refractivity contribution in [3.8, 4) is 22.8 Å². The SMILES string of the molecule is COc1ccc(OC)c(C2c3c(-c4ccc(Cl)cc4)n[nH]c3C(=O)N2C)c1. The van der Waals surface area contributed by atoms with Crippen molar-refractivity contribution in [3.05, 3.63) is 64.3 Å². The van der Waals surface area contributed by atoms with E-state index in [9.17, 15) is 4.79 Å². The Bertz CT molecular complexity index is 1010. The van der Waals surface area contributed by atoms with E-state index in [4.69, 9.17) is 21.1 Å². The molecule has 0 radical (unpaired) electrons. The summed E-state index contributed by atoms with van der Waals surface area (Å²) in [6.07, 6.45) is 0. The van der Waals surface area contributed by atoms with Gasteiger partial charge >= 0.3 is 0 Å². The molecule has 6 nitrogen and oxygen atoms in total. The Kier molecular flexibility index (Phi) is 4.28. The summed E-state index contributed by atoms with van der Waals surface area (Å²) in [4.78, 5) is 14.5. The Balaban J connectivity index is 1.92. The number of methoxy groups -OCH3 is 2. The Hall–Kier alpha value is -2.99. The summed E-state index contributed by atoms with van der Waals surface area (Å²) in [6.45, 7) is 0. The standard InChI is InChI=1S/C20H18ClN3O3/c1-24-19(14-10-13(26-2)8-9-15(14)27-3)16-17(22-23-18(16)20(24)25)11-4-6-12(21)7-5-11/h4-10,19H,1-3H3,(H,22,23). The van der Waals surface area contributed by atoms with Crippen molar-refractivity contribution >= 4 is 17.5 Å². The van der Waals surface area contributed by atoms with Crippen LogP contribution in [0.2, 0.25) is 5.02 Å². The predicted octanol–water partition coefficient (Wildman–Crippen LogP) is 3.92. The van der Waals surface area contributed by atoms with Gasteiger partial charge in [-0.3, -0.25) is 9.89 Å². The van der Waals surface area contributed by atoms with Crippen LogP contribution in [-0.4, -0.2) is 42.3 Å². The first-order chi connectivity index (χ1) is 13.0. The van der Waals surface area contributed by atoms with E-state index in [1.165, 1.54) is 0 Å². The number of nitrogens with one attached hydrogen (secondary N) is 1. The van der Waals surface area contributed by atoms with Crippen LogP contribution in [0.4, 0.5) is 0 Å². The molecule has 1 amide bonds. The molecule has 0 saturated carbocycles. The van der Waals surface area contributed by atoms with Gasteiger partial charge in [0.05, 0.1) is 26.0 Å². The molecule has 1 aromatic heterocycles. The average Bonchev–Trinajstić information content (AvgIpc) is 3.21. The number of aromatic nitrogens is 2. The molecule has 0 bridgehead atoms. The number of ether oxygens (including phenoxy) is 2. The molecule has 2 heterocycles. The minimum atomic E-state index is -0.345. The molecule has 1 N–H and O–H groups in total. The topological polar surface area (TPSA) is 67.5 Å². The second kappa shape index (κ2) is 6.63. The lowest BCUT2D eigenvalue weighted by Crippen LogP contribution is -2.25. The number of aromatic amines is 1. The van der Waals surface area contributed by atoms with Crippen molar-refractivity contribution < 1.29 is 14.3 Å². The van der Waals surface area contributed by atoms with Crippen molar-refractivity contribution in [1.82, 2.24) is 15.1 Å². The minimum Gasteiger partial charge on any atom is -0.497 e. The van der Waals surface area contributed by atoms with Gasteiger partial charge < -0.3 is 14.4 Å². The van der Waals surface area contributed by atoms with Gasteiger partial charge in [0.25, 0.3) is 5.91 Å². The summed E-state index contributed by atoms with van der Waals surface area (Å²) in [5, 5.41) is 7.95. The number of carbonyl (C=O) groups excluding carboxylic acids is 1. The van der Waals surface area contributed by atoms with E-state index in [2.05, 4.69) is 10.2 Å². The van der Waals surface area contributed by atoms with E-state index in [0.29, 0.717) is 27.9 Å². The van der Waals surface area contributed by atoms with E-state index in [0.717, 1.165) is 16.7 Å². The molecule has 1 aliphatic rings. The summed E-state index contributed by atoms with van der Waals surface area (Å²) in [5.74, 6) is 1.25. The number of H-pyrrole nitrogens is 1. The number of rotatable bonds is 4. The van der Waals surface area contributed by atoms with Crippen LogP contribution < -0.4 is 9.47 Å². The number of hydrogen-bond acceptors (Lipinski definition) is 4. The van der Waals surface area contributed by atoms with E-state index in [-0.39, 0.29) is 11.9 Å². The van der Waals surface area contributed by atoms with E-state index >= 15 is 0 Å². The van der Waals surface area contributed by atoms with Gasteiger partial charge in [-0.25, -0.2) is 0 Å². The third-order valence-electron chi connectivity index (χ3n) is 4.85. The molecule has 7 heteroatoms. The van der Waals surface area contributed by atoms with Crippen LogP contribution in [0, 0.1) is 0 Å². The van der Waals surface area contributed by atoms with Gasteiger partial charge in [0.1, 0.15) is 17.2 Å². The van der Waals surface area contributed by atoms with Gasteiger partial charge in [-0.1, -0.05) is 23.7 Å². The van der Waals surface area contributed by atoms with E-state index in [1.807, 2.05) is 30.3 Å². The van der Waals surface area contributed by atoms with Crippen molar-refractivity contribution in [2.75, 3.05) is 21.3 Å². The number of nitrogens with zero attached hydrogens (tertiary/aromatic N) is 2. The molecule has 4 rings (SSSR count). The molecular weight excluding hydrogens is 366 g/mol. The third-order valence-corrected chi connectivity index (χ3v) is 5.10. The van der Waals surface area contributed by atoms with Crippen LogP contribution >= 0.6 is 11.6 Å². The van der Waals surface area contributed by atoms with Crippen molar-refractivity contribution in [2.24, 2.45) is 0 Å². The number of carbonyl (C=O) groups is 1. The van der Waals surface area contributed by atoms with Gasteiger partial charge in [-0.05, 0) is 30.3 Å². The van der Waals surface area contributed by atoms with Crippen molar-refractivity contribution in [3.63, 3.8) is 0 Å². The summed E-state index contributed by atoms with van der Waals surface area (Å²) >= 11 is 6.01. The Morgan fingerprint density at radius 1 is 1.11 bits per heavy atom. The smallest absolute Gasteiger partial charge is 0.272 e. The summed E-state index contributed by atoms with van der Waals surface area (Å²) in [5.41, 5.74) is 3.73. The second-order valence-electron chi connectivity index (χ2n) is 6.29. The fourth-order valence-electron chi connectivity index (χ4n) is 3.51. The molecule has 1 unspecified atom stereocenters. The molecule has 138 valence electrons. The normalized spacial score (nSPS) is 15.8. The Labute approximate surface area is 161 Å². The van der Waals surface area contributed by atoms with Crippen LogP contribution in [0.5, 0.6) is 11.5 Å². The number of benzene rings is 2. The van der Waals surface area contributed by atoms with Gasteiger partial charge in [-0.15, -0.1) is 0 Å². The summed E-state index contributed by atoms with van der Waals surface area (Å²) < 4.78 is 10.9. The van der Waals surface area contributed by atoms with Gasteiger partial charge in [-0.2, -0.15) is 5.10 Å². The van der Waals surface area contributed by atoms with E-state index in [1.54, 1.807) is 38.3 Å². The molecule has 0 saturated heterocycles. The molecule has 3 aromatic rings. The Morgan fingerprint density at radius 3 is 2.52 bits per heavy atom. The number of hydrogen-bond donors (Lipinski definition) is 1. The molecule has 2 aromatic carbocycles. The molecule has 1 atom stereocenters. The van der Waals surface area contributed by atoms with E-state index < -0.39 is 0 Å². The summed E-state index contributed by atoms with van der Waals surface area (Å²) in [7, 11) is 4.99. The maximum absolute atomic E-state index is 12.8. The monoisotopic (exact) mass is 383 g/mol. The van der Waals surface area contributed by atoms with Crippen LogP contribution in [0.1, 0.15) is 27.7 Å². The van der Waals surface area contributed by atoms with Crippen molar-refractivity contribution in [2.45, 2.75) is 6.04 Å². The zero-order valence-electron chi connectivity index (χ0n) is 15.1. The highest BCUT2D eigenvalue weighted by molar-refractivity contribution is 6.30. The van der Waals surface area contributed by atoms with Gasteiger partial charge in [0.15, 0.2) is 0 Å². The fourth-order valence-corrected chi connectivity index (χ4v) is 3.64. The van der Waals surface area contributed by atoms with Gasteiger partial charge in [0, 0.05) is 28.8 Å². The predicted molar refractivity (Wildman–Crippen MR) is 103 cm³/mol. The zero-order chi connectivity index (χ0) is 19.1. The van der Waals surface area contributed by atoms with Crippen LogP contribution in [0.15, 0.2) is 42.5 Å². The Morgan fingerprint density at radius 2 is 1.85 bits per heavy atom. The number of fused-ring (bicyclic) bond motifs is 1. The quantitative estimate of drug-likeness (QED) is 0.741. The first-order valence-corrected chi connectivity index (χ1v) is 8.76. The first kappa shape index (κ1) is 17.4. The summed E-state index contributed by atoms with van der Waals surface area (Å²) in [6, 6.07) is 12.6. The fraction of sp³-hybridized carbons (Fsp3) is 0.200. The number of amides is 1. The van der Waals surface area contributed by atoms with Crippen LogP contribution in [0.25, 0.3) is 11.3 Å². The molecule has 1 aliphatic heterocycles. The van der Waals surface area contributed by atoms with Crippen LogP contribution in [0.3, 0.4) is 0 Å². The first-order valence-electron chi connectivity index (χ1n) is 8.38. The highest BCUT2D eigenvalue weighted by Crippen LogP contribution is 2.45. The molecule has 27 heavy (non-hydrogen) atoms. The lowest BCUT2D eigenvalue weighted by Gasteiger charge is -2.24. The molecular formula is C20H18ClN3O3. The third kappa shape index (κ3) is 2.73. The van der Waals surface area contributed by atoms with Crippen molar-refractivity contribution in [1.29, 1.82) is 0 Å². The van der Waals surface area contributed by atoms with Gasteiger partial charge in [0.2, 0.25) is 0 Å².